The fraction of sp³-hybridized carbons (Fsp3) is 0.286. The molecule has 39 heavy (non-hydrogen) atoms. The number of ether oxygens (including phenoxy) is 2. The van der Waals surface area contributed by atoms with Crippen molar-refractivity contribution in [3.05, 3.63) is 111 Å². The number of benzene rings is 3. The van der Waals surface area contributed by atoms with E-state index in [1.165, 1.54) is 6.07 Å². The summed E-state index contributed by atoms with van der Waals surface area (Å²) in [5.74, 6) is -1.10. The quantitative estimate of drug-likeness (QED) is 0.152. The zero-order chi connectivity index (χ0) is 27.7. The number of hydrogen-bond donors (Lipinski definition) is 2. The number of halogens is 2. The highest BCUT2D eigenvalue weighted by molar-refractivity contribution is 6.00. The first-order valence-electron chi connectivity index (χ1n) is 12.3. The zero-order valence-electron chi connectivity index (χ0n) is 21.0. The van der Waals surface area contributed by atoms with Crippen LogP contribution in [0.25, 0.3) is 10.4 Å². The third-order valence-electron chi connectivity index (χ3n) is 6.22. The van der Waals surface area contributed by atoms with E-state index in [0.29, 0.717) is 24.3 Å². The predicted molar refractivity (Wildman–Crippen MR) is 140 cm³/mol. The number of carbonyl (C=O) groups is 1. The van der Waals surface area contributed by atoms with Gasteiger partial charge in [0, 0.05) is 48.1 Å². The number of carbonyl (C=O) groups excluding carboxylic acids is 1. The minimum absolute atomic E-state index is 0.0344. The molecule has 1 atom stereocenters. The number of aliphatic hydroxyl groups is 1. The van der Waals surface area contributed by atoms with Crippen molar-refractivity contribution in [2.24, 2.45) is 10.1 Å². The van der Waals surface area contributed by atoms with Gasteiger partial charge in [-0.25, -0.2) is 13.8 Å². The van der Waals surface area contributed by atoms with E-state index >= 15 is 0 Å². The average Bonchev–Trinajstić information content (AvgIpc) is 3.38. The van der Waals surface area contributed by atoms with Gasteiger partial charge < -0.3 is 19.9 Å². The normalized spacial score (nSPS) is 16.1. The number of nitrogens with zero attached hydrogens (tertiary/aromatic N) is 4. The predicted octanol–water partition coefficient (Wildman–Crippen LogP) is 4.61. The Balaban J connectivity index is 1.62. The lowest BCUT2D eigenvalue weighted by Gasteiger charge is -2.24. The van der Waals surface area contributed by atoms with Crippen molar-refractivity contribution in [2.75, 3.05) is 19.8 Å². The van der Waals surface area contributed by atoms with Crippen LogP contribution in [-0.2, 0) is 29.0 Å². The molecular formula is C28H27F2N5O4. The van der Waals surface area contributed by atoms with Crippen molar-refractivity contribution >= 4 is 11.8 Å². The van der Waals surface area contributed by atoms with E-state index in [1.807, 2.05) is 12.1 Å². The van der Waals surface area contributed by atoms with E-state index in [4.69, 9.17) is 25.1 Å². The van der Waals surface area contributed by atoms with Crippen LogP contribution in [0.3, 0.4) is 0 Å². The Morgan fingerprint density at radius 2 is 1.90 bits per heavy atom. The molecule has 3 aromatic carbocycles. The molecule has 11 heteroatoms. The van der Waals surface area contributed by atoms with Crippen molar-refractivity contribution in [3.8, 4) is 5.75 Å². The molecule has 0 fully saturated rings. The van der Waals surface area contributed by atoms with E-state index in [-0.39, 0.29) is 44.2 Å². The molecule has 0 aliphatic carbocycles. The summed E-state index contributed by atoms with van der Waals surface area (Å²) in [4.78, 5) is 21.1. The Bertz CT molecular complexity index is 1390. The molecule has 202 valence electrons. The molecule has 0 saturated heterocycles. The molecule has 0 aromatic heterocycles. The zero-order valence-corrected chi connectivity index (χ0v) is 21.0. The Morgan fingerprint density at radius 3 is 2.62 bits per heavy atom. The molecule has 0 saturated carbocycles. The molecule has 2 N–H and O–H groups in total. The van der Waals surface area contributed by atoms with Crippen LogP contribution in [-0.4, -0.2) is 42.3 Å². The number of azide groups is 1. The van der Waals surface area contributed by atoms with Crippen LogP contribution < -0.4 is 10.1 Å². The number of amides is 1. The van der Waals surface area contributed by atoms with Gasteiger partial charge in [0.2, 0.25) is 5.90 Å². The van der Waals surface area contributed by atoms with Gasteiger partial charge in [0.05, 0.1) is 13.2 Å². The van der Waals surface area contributed by atoms with E-state index in [1.54, 1.807) is 36.4 Å². The Labute approximate surface area is 223 Å². The second-order valence-electron chi connectivity index (χ2n) is 8.94. The van der Waals surface area contributed by atoms with Crippen molar-refractivity contribution in [3.63, 3.8) is 0 Å². The van der Waals surface area contributed by atoms with Gasteiger partial charge in [0.1, 0.15) is 24.0 Å². The van der Waals surface area contributed by atoms with Crippen molar-refractivity contribution in [2.45, 2.75) is 31.5 Å². The molecule has 0 radical (unpaired) electrons. The first-order valence-corrected chi connectivity index (χ1v) is 12.3. The maximum atomic E-state index is 14.2. The molecule has 0 bridgehead atoms. The van der Waals surface area contributed by atoms with Crippen LogP contribution >= 0.6 is 0 Å². The van der Waals surface area contributed by atoms with Gasteiger partial charge in [-0.3, -0.25) is 4.79 Å². The lowest BCUT2D eigenvalue weighted by atomic mass is 9.89. The fourth-order valence-corrected chi connectivity index (χ4v) is 4.14. The smallest absolute Gasteiger partial charge is 0.252 e. The number of rotatable bonds is 12. The summed E-state index contributed by atoms with van der Waals surface area (Å²) < 4.78 is 39.0. The summed E-state index contributed by atoms with van der Waals surface area (Å²) in [6, 6.07) is 17.4. The van der Waals surface area contributed by atoms with Gasteiger partial charge in [0.15, 0.2) is 5.54 Å². The first-order chi connectivity index (χ1) is 18.9. The summed E-state index contributed by atoms with van der Waals surface area (Å²) in [6.07, 6.45) is 0.645. The Hall–Kier alpha value is -4.47. The minimum atomic E-state index is -1.39. The Morgan fingerprint density at radius 1 is 1.13 bits per heavy atom. The summed E-state index contributed by atoms with van der Waals surface area (Å²) in [6.45, 7) is 0.260. The lowest BCUT2D eigenvalue weighted by Crippen LogP contribution is -2.48. The molecule has 0 unspecified atom stereocenters. The van der Waals surface area contributed by atoms with Crippen LogP contribution in [0.1, 0.15) is 28.7 Å². The van der Waals surface area contributed by atoms with E-state index in [2.05, 4.69) is 15.3 Å². The first kappa shape index (κ1) is 27.6. The molecule has 1 heterocycles. The second-order valence-corrected chi connectivity index (χ2v) is 8.94. The summed E-state index contributed by atoms with van der Waals surface area (Å²) in [7, 11) is 0. The molecule has 0 spiro atoms. The fourth-order valence-electron chi connectivity index (χ4n) is 4.14. The Kier molecular flexibility index (Phi) is 9.09. The highest BCUT2D eigenvalue weighted by atomic mass is 19.1. The second kappa shape index (κ2) is 12.9. The maximum Gasteiger partial charge on any atom is 0.252 e. The van der Waals surface area contributed by atoms with Crippen molar-refractivity contribution in [1.29, 1.82) is 0 Å². The molecule has 3 aromatic rings. The number of nitrogens with one attached hydrogen (secondary N) is 1. The largest absolute Gasteiger partial charge is 0.494 e. The standard InChI is InChI=1S/C28H27F2N5O4/c29-23-9-6-22(25(30)14-23)16-32-27(37)28(15-20-4-1-2-5-21(20)17-33-35-31)18-39-26(34-28)19-7-10-24(11-8-19)38-13-3-12-36/h1-2,4-11,14,36H,3,12-13,15-18H2,(H,32,37)/t28-/m1/s1. The van der Waals surface area contributed by atoms with E-state index in [0.717, 1.165) is 23.3 Å². The van der Waals surface area contributed by atoms with Crippen LogP contribution in [0.2, 0.25) is 0 Å². The minimum Gasteiger partial charge on any atom is -0.494 e. The van der Waals surface area contributed by atoms with Crippen LogP contribution in [0.4, 0.5) is 8.78 Å². The lowest BCUT2D eigenvalue weighted by molar-refractivity contribution is -0.126. The third kappa shape index (κ3) is 6.90. The van der Waals surface area contributed by atoms with Gasteiger partial charge in [-0.15, -0.1) is 0 Å². The average molecular weight is 536 g/mol. The molecule has 9 nitrogen and oxygen atoms in total. The number of aliphatic hydroxyl groups excluding tert-OH is 1. The summed E-state index contributed by atoms with van der Waals surface area (Å²) in [5, 5.41) is 15.3. The van der Waals surface area contributed by atoms with Crippen LogP contribution in [0.5, 0.6) is 5.75 Å². The summed E-state index contributed by atoms with van der Waals surface area (Å²) in [5.41, 5.74) is 9.62. The molecular weight excluding hydrogens is 508 g/mol. The number of aliphatic imine (C=N–C) groups is 1. The van der Waals surface area contributed by atoms with Crippen LogP contribution in [0, 0.1) is 11.6 Å². The van der Waals surface area contributed by atoms with Crippen LogP contribution in [0.15, 0.2) is 76.8 Å². The van der Waals surface area contributed by atoms with Crippen molar-refractivity contribution in [1.82, 2.24) is 5.32 Å². The molecule has 1 amide bonds. The van der Waals surface area contributed by atoms with E-state index < -0.39 is 23.1 Å². The molecule has 1 aliphatic rings. The highest BCUT2D eigenvalue weighted by Crippen LogP contribution is 2.29. The summed E-state index contributed by atoms with van der Waals surface area (Å²) >= 11 is 0. The SMILES string of the molecule is [N-]=[N+]=NCc1ccccc1C[C@]1(C(=O)NCc2ccc(F)cc2F)COC(c2ccc(OCCCO)cc2)=N1. The van der Waals surface area contributed by atoms with E-state index in [9.17, 15) is 13.6 Å². The maximum absolute atomic E-state index is 14.2. The third-order valence-corrected chi connectivity index (χ3v) is 6.22. The highest BCUT2D eigenvalue weighted by Gasteiger charge is 2.44. The molecule has 4 rings (SSSR count). The van der Waals surface area contributed by atoms with Crippen molar-refractivity contribution < 1.29 is 28.2 Å². The van der Waals surface area contributed by atoms with Gasteiger partial charge in [-0.2, -0.15) is 0 Å². The number of hydrogen-bond acceptors (Lipinski definition) is 6. The van der Waals surface area contributed by atoms with Gasteiger partial charge in [0.25, 0.3) is 5.91 Å². The monoisotopic (exact) mass is 535 g/mol. The van der Waals surface area contributed by atoms with Gasteiger partial charge in [-0.1, -0.05) is 35.4 Å². The van der Waals surface area contributed by atoms with Gasteiger partial charge >= 0.3 is 0 Å². The van der Waals surface area contributed by atoms with Gasteiger partial charge in [-0.05, 0) is 47.0 Å². The topological polar surface area (TPSA) is 129 Å². The molecule has 1 aliphatic heterocycles.